The van der Waals surface area contributed by atoms with E-state index in [0.717, 1.165) is 21.2 Å². The summed E-state index contributed by atoms with van der Waals surface area (Å²) >= 11 is 14.1. The van der Waals surface area contributed by atoms with Crippen molar-refractivity contribution in [3.05, 3.63) is 94.0 Å². The number of para-hydroxylation sites is 1. The zero-order valence-electron chi connectivity index (χ0n) is 18.0. The zero-order chi connectivity index (χ0) is 23.8. The van der Waals surface area contributed by atoms with E-state index in [1.54, 1.807) is 48.2 Å². The number of hydrogen-bond acceptors (Lipinski definition) is 4. The maximum Gasteiger partial charge on any atom is 0.264 e. The van der Waals surface area contributed by atoms with E-state index in [-0.39, 0.29) is 22.2 Å². The summed E-state index contributed by atoms with van der Waals surface area (Å²) in [5, 5.41) is 3.75. The largest absolute Gasteiger partial charge is 0.354 e. The first kappa shape index (κ1) is 25.4. The van der Waals surface area contributed by atoms with Crippen LogP contribution in [0.2, 0.25) is 10.0 Å². The predicted molar refractivity (Wildman–Crippen MR) is 138 cm³/mol. The SMILES string of the molecule is Cc1ccc(S(=O)(=O)N(CC(=O)NCCSCc2ccccc2Cl)c2ccccc2Cl)cc1. The van der Waals surface area contributed by atoms with Crippen LogP contribution in [-0.4, -0.2) is 33.2 Å². The fraction of sp³-hybridized carbons (Fsp3) is 0.208. The summed E-state index contributed by atoms with van der Waals surface area (Å²) in [6.45, 7) is 1.89. The predicted octanol–water partition coefficient (Wildman–Crippen LogP) is 5.55. The summed E-state index contributed by atoms with van der Waals surface area (Å²) in [5.41, 5.74) is 2.22. The molecule has 174 valence electrons. The lowest BCUT2D eigenvalue weighted by Crippen LogP contribution is -2.41. The molecule has 1 N–H and O–H groups in total. The Morgan fingerprint density at radius 1 is 0.939 bits per heavy atom. The van der Waals surface area contributed by atoms with E-state index in [0.29, 0.717) is 17.3 Å². The molecule has 3 aromatic rings. The van der Waals surface area contributed by atoms with Gasteiger partial charge < -0.3 is 5.32 Å². The lowest BCUT2D eigenvalue weighted by atomic mass is 10.2. The first-order chi connectivity index (χ1) is 15.8. The van der Waals surface area contributed by atoms with Crippen molar-refractivity contribution in [2.24, 2.45) is 0 Å². The number of nitrogens with one attached hydrogen (secondary N) is 1. The molecule has 0 saturated heterocycles. The van der Waals surface area contributed by atoms with E-state index >= 15 is 0 Å². The molecule has 0 aliphatic carbocycles. The molecule has 0 saturated carbocycles. The summed E-state index contributed by atoms with van der Waals surface area (Å²) < 4.78 is 27.8. The molecular formula is C24H24Cl2N2O3S2. The molecule has 0 aliphatic rings. The third-order valence-electron chi connectivity index (χ3n) is 4.80. The van der Waals surface area contributed by atoms with Crippen molar-refractivity contribution >= 4 is 56.6 Å². The van der Waals surface area contributed by atoms with Gasteiger partial charge in [-0.3, -0.25) is 9.10 Å². The molecule has 0 aromatic heterocycles. The molecule has 0 aliphatic heterocycles. The number of hydrogen-bond donors (Lipinski definition) is 1. The highest BCUT2D eigenvalue weighted by Gasteiger charge is 2.28. The second kappa shape index (κ2) is 11.8. The number of thioether (sulfide) groups is 1. The monoisotopic (exact) mass is 522 g/mol. The fourth-order valence-electron chi connectivity index (χ4n) is 3.04. The molecule has 3 rings (SSSR count). The van der Waals surface area contributed by atoms with E-state index < -0.39 is 15.9 Å². The second-order valence-electron chi connectivity index (χ2n) is 7.27. The van der Waals surface area contributed by atoms with Crippen molar-refractivity contribution in [1.82, 2.24) is 5.32 Å². The lowest BCUT2D eigenvalue weighted by Gasteiger charge is -2.25. The van der Waals surface area contributed by atoms with Crippen LogP contribution < -0.4 is 9.62 Å². The highest BCUT2D eigenvalue weighted by molar-refractivity contribution is 7.98. The Kier molecular flexibility index (Phi) is 9.09. The topological polar surface area (TPSA) is 66.5 Å². The molecule has 0 spiro atoms. The molecule has 0 fully saturated rings. The Morgan fingerprint density at radius 2 is 1.58 bits per heavy atom. The lowest BCUT2D eigenvalue weighted by molar-refractivity contribution is -0.119. The van der Waals surface area contributed by atoms with Crippen LogP contribution in [0, 0.1) is 6.92 Å². The summed E-state index contributed by atoms with van der Waals surface area (Å²) in [6.07, 6.45) is 0. The molecular weight excluding hydrogens is 499 g/mol. The highest BCUT2D eigenvalue weighted by Crippen LogP contribution is 2.30. The van der Waals surface area contributed by atoms with Gasteiger partial charge in [-0.2, -0.15) is 11.8 Å². The quantitative estimate of drug-likeness (QED) is 0.354. The molecule has 0 unspecified atom stereocenters. The van der Waals surface area contributed by atoms with Crippen molar-refractivity contribution < 1.29 is 13.2 Å². The van der Waals surface area contributed by atoms with Gasteiger partial charge in [0.2, 0.25) is 5.91 Å². The van der Waals surface area contributed by atoms with Gasteiger partial charge in [-0.1, -0.05) is 71.2 Å². The third-order valence-corrected chi connectivity index (χ3v) is 8.27. The van der Waals surface area contributed by atoms with E-state index in [1.165, 1.54) is 12.1 Å². The van der Waals surface area contributed by atoms with Crippen molar-refractivity contribution in [2.45, 2.75) is 17.6 Å². The number of sulfonamides is 1. The average Bonchev–Trinajstić information content (AvgIpc) is 2.79. The van der Waals surface area contributed by atoms with Gasteiger partial charge in [0.05, 0.1) is 15.6 Å². The maximum absolute atomic E-state index is 13.4. The Morgan fingerprint density at radius 3 is 2.24 bits per heavy atom. The third kappa shape index (κ3) is 6.90. The minimum absolute atomic E-state index is 0.0936. The Hall–Kier alpha value is -2.19. The number of nitrogens with zero attached hydrogens (tertiary/aromatic N) is 1. The van der Waals surface area contributed by atoms with Crippen LogP contribution in [0.3, 0.4) is 0 Å². The molecule has 33 heavy (non-hydrogen) atoms. The van der Waals surface area contributed by atoms with Crippen molar-refractivity contribution in [3.8, 4) is 0 Å². The summed E-state index contributed by atoms with van der Waals surface area (Å²) in [7, 11) is -4.00. The molecule has 5 nitrogen and oxygen atoms in total. The van der Waals surface area contributed by atoms with Gasteiger partial charge in [-0.25, -0.2) is 8.42 Å². The van der Waals surface area contributed by atoms with Crippen molar-refractivity contribution in [3.63, 3.8) is 0 Å². The summed E-state index contributed by atoms with van der Waals surface area (Å²) in [6, 6.07) is 20.7. The standard InChI is InChI=1S/C24H24Cl2N2O3S2/c1-18-10-12-20(13-11-18)33(30,31)28(23-9-5-4-8-22(23)26)16-24(29)27-14-15-32-17-19-6-2-3-7-21(19)25/h2-13H,14-17H2,1H3,(H,27,29). The number of carbonyl (C=O) groups is 1. The highest BCUT2D eigenvalue weighted by atomic mass is 35.5. The van der Waals surface area contributed by atoms with E-state index in [2.05, 4.69) is 5.32 Å². The van der Waals surface area contributed by atoms with Crippen LogP contribution in [0.1, 0.15) is 11.1 Å². The Balaban J connectivity index is 1.66. The van der Waals surface area contributed by atoms with Gasteiger partial charge in [-0.15, -0.1) is 0 Å². The van der Waals surface area contributed by atoms with Gasteiger partial charge in [0.25, 0.3) is 10.0 Å². The number of aryl methyl sites for hydroxylation is 1. The van der Waals surface area contributed by atoms with Crippen molar-refractivity contribution in [1.29, 1.82) is 0 Å². The van der Waals surface area contributed by atoms with E-state index in [4.69, 9.17) is 23.2 Å². The molecule has 0 radical (unpaired) electrons. The van der Waals surface area contributed by atoms with Gasteiger partial charge in [0, 0.05) is 23.1 Å². The average molecular weight is 524 g/mol. The van der Waals surface area contributed by atoms with Gasteiger partial charge in [-0.05, 0) is 42.8 Å². The molecule has 0 bridgehead atoms. The summed E-state index contributed by atoms with van der Waals surface area (Å²) in [5.74, 6) is 0.973. The van der Waals surface area contributed by atoms with Crippen LogP contribution in [-0.2, 0) is 20.6 Å². The van der Waals surface area contributed by atoms with E-state index in [1.807, 2.05) is 31.2 Å². The number of anilines is 1. The summed E-state index contributed by atoms with van der Waals surface area (Å²) in [4.78, 5) is 12.8. The van der Waals surface area contributed by atoms with Crippen LogP contribution >= 0.6 is 35.0 Å². The van der Waals surface area contributed by atoms with Crippen LogP contribution in [0.25, 0.3) is 0 Å². The molecule has 9 heteroatoms. The van der Waals surface area contributed by atoms with E-state index in [9.17, 15) is 13.2 Å². The van der Waals surface area contributed by atoms with Crippen LogP contribution in [0.4, 0.5) is 5.69 Å². The maximum atomic E-state index is 13.4. The second-order valence-corrected chi connectivity index (χ2v) is 11.1. The van der Waals surface area contributed by atoms with Crippen LogP contribution in [0.5, 0.6) is 0 Å². The Bertz CT molecular complexity index is 1200. The van der Waals surface area contributed by atoms with Gasteiger partial charge >= 0.3 is 0 Å². The molecule has 1 amide bonds. The van der Waals surface area contributed by atoms with Gasteiger partial charge in [0.15, 0.2) is 0 Å². The number of amides is 1. The Labute approximate surface area is 209 Å². The smallest absolute Gasteiger partial charge is 0.264 e. The zero-order valence-corrected chi connectivity index (χ0v) is 21.1. The van der Waals surface area contributed by atoms with Crippen molar-refractivity contribution in [2.75, 3.05) is 23.1 Å². The number of halogens is 2. The van der Waals surface area contributed by atoms with Crippen LogP contribution in [0.15, 0.2) is 77.7 Å². The number of carbonyl (C=O) groups excluding carboxylic acids is 1. The molecule has 0 atom stereocenters. The fourth-order valence-corrected chi connectivity index (χ4v) is 5.91. The first-order valence-corrected chi connectivity index (χ1v) is 13.6. The molecule has 3 aromatic carbocycles. The minimum Gasteiger partial charge on any atom is -0.354 e. The number of benzene rings is 3. The number of rotatable bonds is 10. The van der Waals surface area contributed by atoms with Gasteiger partial charge in [0.1, 0.15) is 6.54 Å². The first-order valence-electron chi connectivity index (χ1n) is 10.2. The molecule has 0 heterocycles. The normalized spacial score (nSPS) is 11.2. The minimum atomic E-state index is -4.00.